The molecule has 0 saturated heterocycles. The molecule has 0 unspecified atom stereocenters. The molecule has 0 bridgehead atoms. The van der Waals surface area contributed by atoms with Gasteiger partial charge in [0.2, 0.25) is 11.7 Å². The second-order valence-corrected chi connectivity index (χ2v) is 6.13. The van der Waals surface area contributed by atoms with Crippen LogP contribution >= 0.6 is 0 Å². The van der Waals surface area contributed by atoms with E-state index in [2.05, 4.69) is 0 Å². The molecule has 152 valence electrons. The van der Waals surface area contributed by atoms with Gasteiger partial charge in [-0.25, -0.2) is 14.4 Å². The first-order chi connectivity index (χ1) is 13.6. The molecule has 29 heavy (non-hydrogen) atoms. The van der Waals surface area contributed by atoms with E-state index in [1.54, 1.807) is 18.2 Å². The molecule has 0 aliphatic heterocycles. The number of phenolic OH excluding ortho intramolecular Hbond substituents is 2. The number of phenols is 2. The van der Waals surface area contributed by atoms with Gasteiger partial charge in [-0.2, -0.15) is 0 Å². The number of aliphatic hydroxyl groups is 1. The Morgan fingerprint density at radius 3 is 2.21 bits per heavy atom. The molecular formula is C20H18O9. The molecule has 2 rings (SSSR count). The lowest BCUT2D eigenvalue weighted by atomic mass is 9.88. The Morgan fingerprint density at radius 2 is 1.66 bits per heavy atom. The van der Waals surface area contributed by atoms with E-state index in [1.165, 1.54) is 24.3 Å². The van der Waals surface area contributed by atoms with Crippen molar-refractivity contribution in [2.24, 2.45) is 0 Å². The van der Waals surface area contributed by atoms with Gasteiger partial charge in [-0.05, 0) is 29.3 Å². The van der Waals surface area contributed by atoms with Gasteiger partial charge in [0.25, 0.3) is 0 Å². The molecular weight excluding hydrogens is 384 g/mol. The zero-order valence-corrected chi connectivity index (χ0v) is 14.9. The third-order valence-electron chi connectivity index (χ3n) is 3.99. The second kappa shape index (κ2) is 8.89. The van der Waals surface area contributed by atoms with Crippen molar-refractivity contribution < 1.29 is 44.7 Å². The van der Waals surface area contributed by atoms with Gasteiger partial charge < -0.3 is 30.3 Å². The molecule has 0 radical (unpaired) electrons. The van der Waals surface area contributed by atoms with Crippen molar-refractivity contribution in [2.75, 3.05) is 0 Å². The van der Waals surface area contributed by atoms with Crippen LogP contribution < -0.4 is 0 Å². The lowest BCUT2D eigenvalue weighted by molar-refractivity contribution is -0.192. The summed E-state index contributed by atoms with van der Waals surface area (Å²) < 4.78 is 4.72. The van der Waals surface area contributed by atoms with Crippen LogP contribution in [0, 0.1) is 0 Å². The summed E-state index contributed by atoms with van der Waals surface area (Å²) in [6.45, 7) is 0. The second-order valence-electron chi connectivity index (χ2n) is 6.13. The smallest absolute Gasteiger partial charge is 0.348 e. The van der Waals surface area contributed by atoms with Crippen LogP contribution in [0.15, 0.2) is 54.6 Å². The van der Waals surface area contributed by atoms with E-state index in [-0.39, 0.29) is 11.3 Å². The molecule has 0 spiro atoms. The summed E-state index contributed by atoms with van der Waals surface area (Å²) in [6.07, 6.45) is -1.04. The van der Waals surface area contributed by atoms with Crippen LogP contribution in [0.2, 0.25) is 0 Å². The normalized spacial score (nSPS) is 14.1. The van der Waals surface area contributed by atoms with Crippen molar-refractivity contribution in [3.05, 3.63) is 65.7 Å². The maximum Gasteiger partial charge on any atom is 0.348 e. The monoisotopic (exact) mass is 402 g/mol. The summed E-state index contributed by atoms with van der Waals surface area (Å²) in [4.78, 5) is 35.2. The van der Waals surface area contributed by atoms with Crippen LogP contribution in [-0.2, 0) is 25.5 Å². The van der Waals surface area contributed by atoms with E-state index in [9.17, 15) is 39.9 Å². The Hall–Kier alpha value is -3.85. The summed E-state index contributed by atoms with van der Waals surface area (Å²) in [5.74, 6) is -5.74. The van der Waals surface area contributed by atoms with Gasteiger partial charge in [0.1, 0.15) is 0 Å². The van der Waals surface area contributed by atoms with Crippen molar-refractivity contribution in [3.63, 3.8) is 0 Å². The van der Waals surface area contributed by atoms with Crippen molar-refractivity contribution in [1.29, 1.82) is 0 Å². The molecule has 0 aliphatic carbocycles. The van der Waals surface area contributed by atoms with Crippen LogP contribution in [0.25, 0.3) is 6.08 Å². The van der Waals surface area contributed by atoms with Crippen LogP contribution in [0.1, 0.15) is 11.1 Å². The van der Waals surface area contributed by atoms with E-state index >= 15 is 0 Å². The van der Waals surface area contributed by atoms with Gasteiger partial charge in [0, 0.05) is 12.5 Å². The van der Waals surface area contributed by atoms with Crippen LogP contribution in [0.3, 0.4) is 0 Å². The average Bonchev–Trinajstić information content (AvgIpc) is 2.67. The first-order valence-corrected chi connectivity index (χ1v) is 8.26. The van der Waals surface area contributed by atoms with Gasteiger partial charge >= 0.3 is 17.9 Å². The van der Waals surface area contributed by atoms with E-state index in [0.717, 1.165) is 18.2 Å². The largest absolute Gasteiger partial charge is 0.504 e. The van der Waals surface area contributed by atoms with Gasteiger partial charge in [0.05, 0.1) is 0 Å². The number of esters is 1. The number of carboxylic acids is 2. The summed E-state index contributed by atoms with van der Waals surface area (Å²) in [7, 11) is 0. The molecule has 0 heterocycles. The highest BCUT2D eigenvalue weighted by molar-refractivity contribution is 5.93. The molecule has 0 amide bonds. The van der Waals surface area contributed by atoms with Crippen LogP contribution in [-0.4, -0.2) is 55.1 Å². The predicted molar refractivity (Wildman–Crippen MR) is 99.1 cm³/mol. The number of rotatable bonds is 8. The summed E-state index contributed by atoms with van der Waals surface area (Å²) in [6, 6.07) is 11.5. The highest BCUT2D eigenvalue weighted by atomic mass is 16.6. The Bertz CT molecular complexity index is 936. The lowest BCUT2D eigenvalue weighted by Crippen LogP contribution is -2.56. The highest BCUT2D eigenvalue weighted by Gasteiger charge is 2.51. The molecule has 5 N–H and O–H groups in total. The lowest BCUT2D eigenvalue weighted by Gasteiger charge is -2.29. The first-order valence-electron chi connectivity index (χ1n) is 8.26. The number of ether oxygens (including phenoxy) is 1. The third kappa shape index (κ3) is 5.33. The molecule has 9 nitrogen and oxygen atoms in total. The number of hydrogen-bond donors (Lipinski definition) is 5. The van der Waals surface area contributed by atoms with E-state index in [1.807, 2.05) is 0 Å². The Kier molecular flexibility index (Phi) is 6.58. The number of aromatic hydroxyl groups is 2. The summed E-state index contributed by atoms with van der Waals surface area (Å²) in [5.41, 5.74) is -2.30. The summed E-state index contributed by atoms with van der Waals surface area (Å²) >= 11 is 0. The van der Waals surface area contributed by atoms with Gasteiger partial charge in [-0.1, -0.05) is 36.4 Å². The number of carbonyl (C=O) groups is 3. The summed E-state index contributed by atoms with van der Waals surface area (Å²) in [5, 5.41) is 48.0. The van der Waals surface area contributed by atoms with E-state index in [4.69, 9.17) is 4.74 Å². The molecule has 0 saturated carbocycles. The Labute approximate surface area is 164 Å². The first kappa shape index (κ1) is 21.5. The van der Waals surface area contributed by atoms with Crippen molar-refractivity contribution in [1.82, 2.24) is 0 Å². The molecule has 0 fully saturated rings. The van der Waals surface area contributed by atoms with Crippen molar-refractivity contribution in [2.45, 2.75) is 18.1 Å². The molecule has 2 atom stereocenters. The topological polar surface area (TPSA) is 162 Å². The van der Waals surface area contributed by atoms with Gasteiger partial charge in [-0.3, -0.25) is 0 Å². The van der Waals surface area contributed by atoms with Crippen molar-refractivity contribution >= 4 is 24.0 Å². The highest BCUT2D eigenvalue weighted by Crippen LogP contribution is 2.26. The zero-order valence-electron chi connectivity index (χ0n) is 14.9. The van der Waals surface area contributed by atoms with Gasteiger partial charge in [-0.15, -0.1) is 0 Å². The maximum atomic E-state index is 12.0. The SMILES string of the molecule is O=C(C=Cc1ccc(O)c(O)c1)O[C@H](C(=O)O)[C@](O)(Cc1ccccc1)C(=O)O. The minimum Gasteiger partial charge on any atom is -0.504 e. The van der Waals surface area contributed by atoms with Crippen LogP contribution in [0.4, 0.5) is 0 Å². The zero-order chi connectivity index (χ0) is 21.6. The average molecular weight is 402 g/mol. The minimum absolute atomic E-state index is 0.280. The number of carbonyl (C=O) groups excluding carboxylic acids is 1. The predicted octanol–water partition coefficient (Wildman–Crippen LogP) is 1.17. The maximum absolute atomic E-state index is 12.0. The standard InChI is InChI=1S/C20H18O9/c21-14-8-6-12(10-15(14)22)7-9-16(23)29-17(18(24)25)20(28,19(26)27)11-13-4-2-1-3-5-13/h1-10,17,21-22,28H,11H2,(H,24,25)(H,26,27)/t17-,20-/m1/s1. The molecule has 2 aromatic carbocycles. The fourth-order valence-corrected chi connectivity index (χ4v) is 2.50. The number of carboxylic acid groups (broad SMARTS) is 2. The van der Waals surface area contributed by atoms with Crippen molar-refractivity contribution in [3.8, 4) is 11.5 Å². The third-order valence-corrected chi connectivity index (χ3v) is 3.99. The molecule has 0 aliphatic rings. The Balaban J connectivity index is 2.22. The molecule has 9 heteroatoms. The number of aliphatic carboxylic acids is 2. The fourth-order valence-electron chi connectivity index (χ4n) is 2.50. The minimum atomic E-state index is -2.91. The molecule has 0 aromatic heterocycles. The number of hydrogen-bond acceptors (Lipinski definition) is 7. The quantitative estimate of drug-likeness (QED) is 0.248. The fraction of sp³-hybridized carbons (Fsp3) is 0.150. The van der Waals surface area contributed by atoms with E-state index < -0.39 is 41.8 Å². The van der Waals surface area contributed by atoms with Gasteiger partial charge in [0.15, 0.2) is 11.5 Å². The van der Waals surface area contributed by atoms with E-state index in [0.29, 0.717) is 5.56 Å². The Morgan fingerprint density at radius 1 is 1.00 bits per heavy atom. The number of benzene rings is 2. The molecule has 2 aromatic rings. The van der Waals surface area contributed by atoms with Crippen LogP contribution in [0.5, 0.6) is 11.5 Å².